The molecule has 0 unspecified atom stereocenters. The van der Waals surface area contributed by atoms with Gasteiger partial charge in [-0.05, 0) is 35.7 Å². The quantitative estimate of drug-likeness (QED) is 0.715. The third-order valence-corrected chi connectivity index (χ3v) is 3.41. The van der Waals surface area contributed by atoms with E-state index in [0.717, 1.165) is 11.1 Å². The Bertz CT molecular complexity index is 669. The van der Waals surface area contributed by atoms with Crippen molar-refractivity contribution in [1.29, 1.82) is 0 Å². The van der Waals surface area contributed by atoms with Gasteiger partial charge in [0.2, 0.25) is 0 Å². The van der Waals surface area contributed by atoms with Crippen molar-refractivity contribution in [2.24, 2.45) is 5.73 Å². The van der Waals surface area contributed by atoms with E-state index in [-0.39, 0.29) is 11.7 Å². The molecule has 0 aromatic heterocycles. The SMILES string of the molecule is NC(=S)Cc1ccccc1C(=O)NCCc1ccc(O)cc1. The molecule has 4 N–H and O–H groups in total. The van der Waals surface area contributed by atoms with Gasteiger partial charge in [0.15, 0.2) is 0 Å². The fraction of sp³-hybridized carbons (Fsp3) is 0.176. The molecule has 0 radical (unpaired) electrons. The summed E-state index contributed by atoms with van der Waals surface area (Å²) in [5.74, 6) is 0.102. The first kappa shape index (κ1) is 16.0. The van der Waals surface area contributed by atoms with Crippen LogP contribution in [-0.2, 0) is 12.8 Å². The lowest BCUT2D eigenvalue weighted by Gasteiger charge is -2.10. The summed E-state index contributed by atoms with van der Waals surface area (Å²) < 4.78 is 0. The molecule has 0 saturated carbocycles. The standard InChI is InChI=1S/C17H18N2O2S/c18-16(22)11-13-3-1-2-4-15(13)17(21)19-10-9-12-5-7-14(20)8-6-12/h1-8,20H,9-11H2,(H2,18,22)(H,19,21). The predicted octanol–water partition coefficient (Wildman–Crippen LogP) is 2.19. The molecule has 22 heavy (non-hydrogen) atoms. The number of phenols is 1. The number of carbonyl (C=O) groups excluding carboxylic acids is 1. The van der Waals surface area contributed by atoms with Gasteiger partial charge in [0.25, 0.3) is 5.91 Å². The van der Waals surface area contributed by atoms with Gasteiger partial charge in [-0.3, -0.25) is 4.79 Å². The maximum absolute atomic E-state index is 12.3. The Morgan fingerprint density at radius 1 is 1.14 bits per heavy atom. The number of benzene rings is 2. The summed E-state index contributed by atoms with van der Waals surface area (Å²) in [6.07, 6.45) is 1.11. The van der Waals surface area contributed by atoms with Crippen LogP contribution in [0.5, 0.6) is 5.75 Å². The predicted molar refractivity (Wildman–Crippen MR) is 91.1 cm³/mol. The van der Waals surface area contributed by atoms with Crippen LogP contribution in [0.1, 0.15) is 21.5 Å². The van der Waals surface area contributed by atoms with E-state index < -0.39 is 0 Å². The highest BCUT2D eigenvalue weighted by Gasteiger charge is 2.10. The van der Waals surface area contributed by atoms with Crippen molar-refractivity contribution in [3.63, 3.8) is 0 Å². The van der Waals surface area contributed by atoms with Crippen LogP contribution in [0.25, 0.3) is 0 Å². The number of rotatable bonds is 6. The molecule has 0 heterocycles. The molecule has 0 aliphatic heterocycles. The Morgan fingerprint density at radius 3 is 2.50 bits per heavy atom. The molecule has 4 nitrogen and oxygen atoms in total. The fourth-order valence-electron chi connectivity index (χ4n) is 2.16. The Balaban J connectivity index is 1.95. The molecule has 0 bridgehead atoms. The summed E-state index contributed by atoms with van der Waals surface area (Å²) in [5.41, 5.74) is 8.04. The van der Waals surface area contributed by atoms with Crippen molar-refractivity contribution in [1.82, 2.24) is 5.32 Å². The maximum Gasteiger partial charge on any atom is 0.251 e. The minimum atomic E-state index is -0.134. The zero-order chi connectivity index (χ0) is 15.9. The zero-order valence-electron chi connectivity index (χ0n) is 12.1. The Hall–Kier alpha value is -2.40. The normalized spacial score (nSPS) is 10.2. The molecule has 0 fully saturated rings. The summed E-state index contributed by atoms with van der Waals surface area (Å²) in [5, 5.41) is 12.1. The van der Waals surface area contributed by atoms with Crippen LogP contribution in [-0.4, -0.2) is 22.5 Å². The number of nitrogens with one attached hydrogen (secondary N) is 1. The summed E-state index contributed by atoms with van der Waals surface area (Å²) in [7, 11) is 0. The lowest BCUT2D eigenvalue weighted by molar-refractivity contribution is 0.0953. The van der Waals surface area contributed by atoms with Crippen molar-refractivity contribution in [2.45, 2.75) is 12.8 Å². The average Bonchev–Trinajstić information content (AvgIpc) is 2.49. The number of amides is 1. The van der Waals surface area contributed by atoms with Crippen molar-refractivity contribution < 1.29 is 9.90 Å². The monoisotopic (exact) mass is 314 g/mol. The summed E-state index contributed by atoms with van der Waals surface area (Å²) in [6, 6.07) is 14.2. The lowest BCUT2D eigenvalue weighted by Crippen LogP contribution is -2.27. The van der Waals surface area contributed by atoms with Crippen LogP contribution in [0, 0.1) is 0 Å². The highest BCUT2D eigenvalue weighted by atomic mass is 32.1. The first-order valence-corrected chi connectivity index (χ1v) is 7.39. The molecule has 5 heteroatoms. The summed E-state index contributed by atoms with van der Waals surface area (Å²) in [4.78, 5) is 12.6. The highest BCUT2D eigenvalue weighted by Crippen LogP contribution is 2.11. The number of phenolic OH excluding ortho intramolecular Hbond substituents is 1. The molecule has 2 aromatic rings. The maximum atomic E-state index is 12.3. The van der Waals surface area contributed by atoms with Crippen molar-refractivity contribution >= 4 is 23.1 Å². The van der Waals surface area contributed by atoms with E-state index in [1.807, 2.05) is 30.3 Å². The van der Waals surface area contributed by atoms with E-state index in [1.165, 1.54) is 0 Å². The Labute approximate surface area is 135 Å². The number of hydrogen-bond donors (Lipinski definition) is 3. The van der Waals surface area contributed by atoms with Crippen molar-refractivity contribution in [3.8, 4) is 5.75 Å². The number of thiocarbonyl (C=S) groups is 1. The zero-order valence-corrected chi connectivity index (χ0v) is 12.9. The molecule has 0 aliphatic rings. The van der Waals surface area contributed by atoms with E-state index in [0.29, 0.717) is 29.9 Å². The summed E-state index contributed by atoms with van der Waals surface area (Å²) >= 11 is 4.91. The molecule has 2 aromatic carbocycles. The second-order valence-corrected chi connectivity index (χ2v) is 5.50. The van der Waals surface area contributed by atoms with Gasteiger partial charge in [-0.15, -0.1) is 0 Å². The molecule has 0 spiro atoms. The van der Waals surface area contributed by atoms with Gasteiger partial charge < -0.3 is 16.2 Å². The van der Waals surface area contributed by atoms with Gasteiger partial charge in [0.1, 0.15) is 5.75 Å². The van der Waals surface area contributed by atoms with Crippen LogP contribution >= 0.6 is 12.2 Å². The van der Waals surface area contributed by atoms with E-state index in [2.05, 4.69) is 5.32 Å². The van der Waals surface area contributed by atoms with Gasteiger partial charge in [0.05, 0.1) is 4.99 Å². The highest BCUT2D eigenvalue weighted by molar-refractivity contribution is 7.80. The Morgan fingerprint density at radius 2 is 1.82 bits per heavy atom. The molecule has 0 atom stereocenters. The third kappa shape index (κ3) is 4.56. The van der Waals surface area contributed by atoms with Gasteiger partial charge in [-0.25, -0.2) is 0 Å². The molecular weight excluding hydrogens is 296 g/mol. The largest absolute Gasteiger partial charge is 0.508 e. The molecular formula is C17H18N2O2S. The fourth-order valence-corrected chi connectivity index (χ4v) is 2.32. The smallest absolute Gasteiger partial charge is 0.251 e. The average molecular weight is 314 g/mol. The first-order valence-electron chi connectivity index (χ1n) is 6.98. The first-order chi connectivity index (χ1) is 10.6. The van der Waals surface area contributed by atoms with Gasteiger partial charge in [-0.2, -0.15) is 0 Å². The number of aromatic hydroxyl groups is 1. The van der Waals surface area contributed by atoms with Crippen molar-refractivity contribution in [2.75, 3.05) is 6.54 Å². The van der Waals surface area contributed by atoms with Crippen LogP contribution in [0.4, 0.5) is 0 Å². The van der Waals surface area contributed by atoms with Crippen LogP contribution in [0.2, 0.25) is 0 Å². The third-order valence-electron chi connectivity index (χ3n) is 3.26. The van der Waals surface area contributed by atoms with Gasteiger partial charge in [0, 0.05) is 18.5 Å². The molecule has 0 aliphatic carbocycles. The molecule has 2 rings (SSSR count). The molecule has 114 valence electrons. The lowest BCUT2D eigenvalue weighted by atomic mass is 10.0. The second kappa shape index (κ2) is 7.56. The van der Waals surface area contributed by atoms with E-state index >= 15 is 0 Å². The number of carbonyl (C=O) groups is 1. The van der Waals surface area contributed by atoms with E-state index in [9.17, 15) is 9.90 Å². The minimum absolute atomic E-state index is 0.134. The van der Waals surface area contributed by atoms with Crippen LogP contribution < -0.4 is 11.1 Å². The topological polar surface area (TPSA) is 75.4 Å². The van der Waals surface area contributed by atoms with Crippen LogP contribution in [0.15, 0.2) is 48.5 Å². The summed E-state index contributed by atoms with van der Waals surface area (Å²) in [6.45, 7) is 0.519. The Kier molecular flexibility index (Phi) is 5.49. The minimum Gasteiger partial charge on any atom is -0.508 e. The van der Waals surface area contributed by atoms with Gasteiger partial charge in [-0.1, -0.05) is 42.5 Å². The van der Waals surface area contributed by atoms with Crippen molar-refractivity contribution in [3.05, 3.63) is 65.2 Å². The molecule has 0 saturated heterocycles. The second-order valence-electron chi connectivity index (χ2n) is 4.97. The van der Waals surface area contributed by atoms with E-state index in [1.54, 1.807) is 18.2 Å². The number of nitrogens with two attached hydrogens (primary N) is 1. The number of hydrogen-bond acceptors (Lipinski definition) is 3. The van der Waals surface area contributed by atoms with Crippen LogP contribution in [0.3, 0.4) is 0 Å². The van der Waals surface area contributed by atoms with E-state index in [4.69, 9.17) is 18.0 Å². The van der Waals surface area contributed by atoms with Gasteiger partial charge >= 0.3 is 0 Å². The molecule has 1 amide bonds.